The average Bonchev–Trinajstić information content (AvgIpc) is 2.66. The van der Waals surface area contributed by atoms with Crippen LogP contribution in [-0.4, -0.2) is 19.1 Å². The summed E-state index contributed by atoms with van der Waals surface area (Å²) in [5.74, 6) is 0.382. The van der Waals surface area contributed by atoms with Crippen molar-refractivity contribution in [3.8, 4) is 0 Å². The van der Waals surface area contributed by atoms with E-state index in [1.807, 2.05) is 0 Å². The van der Waals surface area contributed by atoms with E-state index in [0.717, 1.165) is 30.8 Å². The molecule has 0 saturated carbocycles. The molecule has 2 heterocycles. The number of hydrogen-bond acceptors (Lipinski definition) is 2. The van der Waals surface area contributed by atoms with E-state index < -0.39 is 0 Å². The Morgan fingerprint density at radius 2 is 2.00 bits per heavy atom. The Balaban J connectivity index is 2.15. The fraction of sp³-hybridized carbons (Fsp3) is 0.455. The van der Waals surface area contributed by atoms with E-state index in [-0.39, 0.29) is 0 Å². The number of piperidine rings is 1. The van der Waals surface area contributed by atoms with Crippen LogP contribution in [0.3, 0.4) is 0 Å². The summed E-state index contributed by atoms with van der Waals surface area (Å²) >= 11 is 18.5. The Labute approximate surface area is 109 Å². The van der Waals surface area contributed by atoms with Crippen molar-refractivity contribution in [2.75, 3.05) is 18.4 Å². The topological polar surface area (TPSA) is 24.1 Å². The molecule has 0 aliphatic carbocycles. The zero-order chi connectivity index (χ0) is 11.3. The molecular formula is C11H11Cl3N2. The van der Waals surface area contributed by atoms with E-state index in [0.29, 0.717) is 27.0 Å². The molecule has 3 rings (SSSR count). The van der Waals surface area contributed by atoms with E-state index in [2.05, 4.69) is 10.6 Å². The highest BCUT2D eigenvalue weighted by Crippen LogP contribution is 2.48. The van der Waals surface area contributed by atoms with Gasteiger partial charge < -0.3 is 10.6 Å². The van der Waals surface area contributed by atoms with Crippen LogP contribution in [0.2, 0.25) is 15.1 Å². The Bertz CT molecular complexity index is 447. The van der Waals surface area contributed by atoms with Crippen LogP contribution in [0.5, 0.6) is 0 Å². The minimum Gasteiger partial charge on any atom is -0.380 e. The molecule has 2 nitrogen and oxygen atoms in total. The first-order valence-electron chi connectivity index (χ1n) is 5.33. The first-order chi connectivity index (χ1) is 7.68. The molecule has 2 N–H and O–H groups in total. The molecular weight excluding hydrogens is 266 g/mol. The third-order valence-corrected chi connectivity index (χ3v) is 4.49. The Hall–Kier alpha value is -0.150. The smallest absolute Gasteiger partial charge is 0.0656 e. The van der Waals surface area contributed by atoms with E-state index in [4.69, 9.17) is 34.8 Å². The maximum absolute atomic E-state index is 6.27. The molecule has 1 fully saturated rings. The van der Waals surface area contributed by atoms with Crippen LogP contribution in [0.15, 0.2) is 6.07 Å². The van der Waals surface area contributed by atoms with E-state index >= 15 is 0 Å². The first-order valence-corrected chi connectivity index (χ1v) is 6.46. The van der Waals surface area contributed by atoms with Gasteiger partial charge in [0.05, 0.1) is 20.8 Å². The Kier molecular flexibility index (Phi) is 2.71. The van der Waals surface area contributed by atoms with Crippen molar-refractivity contribution < 1.29 is 0 Å². The number of anilines is 1. The highest BCUT2D eigenvalue weighted by Gasteiger charge is 2.37. The van der Waals surface area contributed by atoms with Gasteiger partial charge in [-0.1, -0.05) is 34.8 Å². The van der Waals surface area contributed by atoms with Gasteiger partial charge in [0.15, 0.2) is 0 Å². The SMILES string of the molecule is Clc1cc(Cl)c2c(c1Cl)C1CNCCC1N2. The number of hydrogen-bond donors (Lipinski definition) is 2. The lowest BCUT2D eigenvalue weighted by molar-refractivity contribution is 0.440. The maximum atomic E-state index is 6.27. The largest absolute Gasteiger partial charge is 0.380 e. The normalized spacial score (nSPS) is 27.2. The second-order valence-corrected chi connectivity index (χ2v) is 5.49. The van der Waals surface area contributed by atoms with Gasteiger partial charge in [-0.05, 0) is 19.0 Å². The molecule has 2 atom stereocenters. The molecule has 0 radical (unpaired) electrons. The van der Waals surface area contributed by atoms with Crippen LogP contribution >= 0.6 is 34.8 Å². The van der Waals surface area contributed by atoms with Crippen LogP contribution in [0.4, 0.5) is 5.69 Å². The summed E-state index contributed by atoms with van der Waals surface area (Å²) in [6.07, 6.45) is 1.09. The summed E-state index contributed by atoms with van der Waals surface area (Å²) in [5.41, 5.74) is 2.05. The molecule has 2 aliphatic rings. The summed E-state index contributed by atoms with van der Waals surface area (Å²) in [6, 6.07) is 2.15. The molecule has 16 heavy (non-hydrogen) atoms. The molecule has 1 saturated heterocycles. The van der Waals surface area contributed by atoms with Gasteiger partial charge in [0.1, 0.15) is 0 Å². The molecule has 0 bridgehead atoms. The van der Waals surface area contributed by atoms with Gasteiger partial charge in [-0.3, -0.25) is 0 Å². The third kappa shape index (κ3) is 1.52. The van der Waals surface area contributed by atoms with Crippen LogP contribution in [0, 0.1) is 0 Å². The number of benzene rings is 1. The van der Waals surface area contributed by atoms with Crippen molar-refractivity contribution in [1.82, 2.24) is 5.32 Å². The standard InChI is InChI=1S/C11H11Cl3N2/c12-6-3-7(13)11-9(10(6)14)5-4-15-2-1-8(5)16-11/h3,5,8,15-16H,1-2,4H2. The van der Waals surface area contributed by atoms with Crippen molar-refractivity contribution in [1.29, 1.82) is 0 Å². The minimum atomic E-state index is 0.382. The monoisotopic (exact) mass is 276 g/mol. The molecule has 5 heteroatoms. The molecule has 0 amide bonds. The van der Waals surface area contributed by atoms with E-state index in [9.17, 15) is 0 Å². The lowest BCUT2D eigenvalue weighted by Crippen LogP contribution is -2.38. The van der Waals surface area contributed by atoms with Crippen LogP contribution in [-0.2, 0) is 0 Å². The molecule has 0 spiro atoms. The molecule has 86 valence electrons. The lowest BCUT2D eigenvalue weighted by Gasteiger charge is -2.26. The van der Waals surface area contributed by atoms with Crippen molar-refractivity contribution in [2.24, 2.45) is 0 Å². The highest BCUT2D eigenvalue weighted by molar-refractivity contribution is 6.44. The predicted molar refractivity (Wildman–Crippen MR) is 69.1 cm³/mol. The van der Waals surface area contributed by atoms with Gasteiger partial charge in [-0.15, -0.1) is 0 Å². The zero-order valence-electron chi connectivity index (χ0n) is 8.49. The fourth-order valence-corrected chi connectivity index (χ4v) is 3.45. The van der Waals surface area contributed by atoms with E-state index in [1.54, 1.807) is 6.07 Å². The fourth-order valence-electron chi connectivity index (χ4n) is 2.63. The number of rotatable bonds is 0. The maximum Gasteiger partial charge on any atom is 0.0656 e. The van der Waals surface area contributed by atoms with Crippen molar-refractivity contribution in [2.45, 2.75) is 18.4 Å². The zero-order valence-corrected chi connectivity index (χ0v) is 10.8. The van der Waals surface area contributed by atoms with Crippen LogP contribution in [0.1, 0.15) is 17.9 Å². The highest BCUT2D eigenvalue weighted by atomic mass is 35.5. The second-order valence-electron chi connectivity index (χ2n) is 4.29. The van der Waals surface area contributed by atoms with Gasteiger partial charge >= 0.3 is 0 Å². The molecule has 2 aliphatic heterocycles. The summed E-state index contributed by atoms with van der Waals surface area (Å²) < 4.78 is 0. The van der Waals surface area contributed by atoms with Crippen LogP contribution in [0.25, 0.3) is 0 Å². The summed E-state index contributed by atoms with van der Waals surface area (Å²) in [6.45, 7) is 1.96. The van der Waals surface area contributed by atoms with E-state index in [1.165, 1.54) is 0 Å². The minimum absolute atomic E-state index is 0.382. The van der Waals surface area contributed by atoms with Gasteiger partial charge in [0.2, 0.25) is 0 Å². The van der Waals surface area contributed by atoms with Crippen molar-refractivity contribution in [3.05, 3.63) is 26.7 Å². The lowest BCUT2D eigenvalue weighted by atomic mass is 9.90. The van der Waals surface area contributed by atoms with Crippen LogP contribution < -0.4 is 10.6 Å². The van der Waals surface area contributed by atoms with Gasteiger partial charge in [0, 0.05) is 24.1 Å². The second kappa shape index (κ2) is 3.95. The average molecular weight is 278 g/mol. The third-order valence-electron chi connectivity index (χ3n) is 3.39. The summed E-state index contributed by atoms with van der Waals surface area (Å²) in [4.78, 5) is 0. The van der Waals surface area contributed by atoms with Crippen molar-refractivity contribution >= 4 is 40.5 Å². The quantitative estimate of drug-likeness (QED) is 0.709. The number of halogens is 3. The molecule has 1 aromatic carbocycles. The Morgan fingerprint density at radius 1 is 1.19 bits per heavy atom. The number of fused-ring (bicyclic) bond motifs is 3. The molecule has 2 unspecified atom stereocenters. The molecule has 1 aromatic rings. The predicted octanol–water partition coefficient (Wildman–Crippen LogP) is 3.52. The van der Waals surface area contributed by atoms with Gasteiger partial charge in [-0.2, -0.15) is 0 Å². The van der Waals surface area contributed by atoms with Gasteiger partial charge in [0.25, 0.3) is 0 Å². The summed E-state index contributed by atoms with van der Waals surface area (Å²) in [7, 11) is 0. The number of nitrogens with one attached hydrogen (secondary N) is 2. The first kappa shape index (κ1) is 11.0. The molecule has 0 aromatic heterocycles. The Morgan fingerprint density at radius 3 is 2.81 bits per heavy atom. The van der Waals surface area contributed by atoms with Gasteiger partial charge in [-0.25, -0.2) is 0 Å². The van der Waals surface area contributed by atoms with Crippen molar-refractivity contribution in [3.63, 3.8) is 0 Å². The summed E-state index contributed by atoms with van der Waals surface area (Å²) in [5, 5.41) is 8.69.